The van der Waals surface area contributed by atoms with Crippen molar-refractivity contribution in [2.24, 2.45) is 0 Å². The Morgan fingerprint density at radius 1 is 0.957 bits per heavy atom. The molecule has 0 fully saturated rings. The number of methoxy groups -OCH3 is 2. The Hall–Kier alpha value is -2.48. The lowest BCUT2D eigenvalue weighted by Gasteiger charge is -2.14. The van der Waals surface area contributed by atoms with Crippen LogP contribution in [-0.2, 0) is 0 Å². The van der Waals surface area contributed by atoms with Gasteiger partial charge in [0.25, 0.3) is 0 Å². The summed E-state index contributed by atoms with van der Waals surface area (Å²) in [6.07, 6.45) is 5.31. The number of ether oxygens (including phenoxy) is 2. The largest absolute Gasteiger partial charge is 0.497 e. The van der Waals surface area contributed by atoms with Crippen LogP contribution in [0.2, 0.25) is 0 Å². The molecule has 120 valence electrons. The van der Waals surface area contributed by atoms with Crippen molar-refractivity contribution in [1.29, 1.82) is 0 Å². The van der Waals surface area contributed by atoms with Crippen molar-refractivity contribution in [3.63, 3.8) is 0 Å². The molecule has 0 saturated heterocycles. The van der Waals surface area contributed by atoms with Crippen molar-refractivity contribution in [3.05, 3.63) is 77.9 Å². The third-order valence-corrected chi connectivity index (χ3v) is 3.75. The molecule has 0 N–H and O–H groups in total. The van der Waals surface area contributed by atoms with Gasteiger partial charge in [-0.25, -0.2) is 0 Å². The van der Waals surface area contributed by atoms with Gasteiger partial charge in [-0.2, -0.15) is 0 Å². The second-order valence-corrected chi connectivity index (χ2v) is 5.67. The van der Waals surface area contributed by atoms with E-state index in [9.17, 15) is 0 Å². The van der Waals surface area contributed by atoms with Gasteiger partial charge in [-0.15, -0.1) is 6.58 Å². The van der Waals surface area contributed by atoms with Gasteiger partial charge < -0.3 is 9.47 Å². The average Bonchev–Trinajstić information content (AvgIpc) is 2.59. The van der Waals surface area contributed by atoms with E-state index in [1.165, 1.54) is 11.1 Å². The van der Waals surface area contributed by atoms with Crippen LogP contribution < -0.4 is 9.47 Å². The summed E-state index contributed by atoms with van der Waals surface area (Å²) >= 11 is 0. The van der Waals surface area contributed by atoms with Crippen LogP contribution in [0.4, 0.5) is 0 Å². The fourth-order valence-corrected chi connectivity index (χ4v) is 2.47. The molecule has 2 heteroatoms. The summed E-state index contributed by atoms with van der Waals surface area (Å²) in [7, 11) is 3.36. The maximum absolute atomic E-state index is 5.23. The quantitative estimate of drug-likeness (QED) is 0.632. The van der Waals surface area contributed by atoms with Gasteiger partial charge in [0.05, 0.1) is 14.2 Å². The van der Waals surface area contributed by atoms with Crippen LogP contribution in [0.5, 0.6) is 11.5 Å². The molecule has 0 heterocycles. The molecule has 0 bridgehead atoms. The molecule has 2 nitrogen and oxygen atoms in total. The van der Waals surface area contributed by atoms with Gasteiger partial charge in [-0.3, -0.25) is 0 Å². The molecular weight excluding hydrogens is 284 g/mol. The number of hydrogen-bond donors (Lipinski definition) is 0. The number of benzene rings is 2. The van der Waals surface area contributed by atoms with Crippen molar-refractivity contribution in [2.45, 2.75) is 19.3 Å². The van der Waals surface area contributed by atoms with Gasteiger partial charge in [0.1, 0.15) is 11.5 Å². The molecule has 2 rings (SSSR count). The van der Waals surface area contributed by atoms with Crippen LogP contribution in [0.3, 0.4) is 0 Å². The van der Waals surface area contributed by atoms with Gasteiger partial charge in [-0.1, -0.05) is 42.0 Å². The molecular formula is C21H24O2. The second-order valence-electron chi connectivity index (χ2n) is 5.67. The number of allylic oxidation sites excluding steroid dienone is 2. The Morgan fingerprint density at radius 3 is 1.96 bits per heavy atom. The summed E-state index contributed by atoms with van der Waals surface area (Å²) in [6.45, 7) is 6.12. The van der Waals surface area contributed by atoms with Crippen molar-refractivity contribution in [3.8, 4) is 11.5 Å². The summed E-state index contributed by atoms with van der Waals surface area (Å²) in [5.41, 5.74) is 3.59. The summed E-state index contributed by atoms with van der Waals surface area (Å²) in [4.78, 5) is 0. The monoisotopic (exact) mass is 308 g/mol. The van der Waals surface area contributed by atoms with E-state index in [2.05, 4.69) is 49.9 Å². The molecule has 0 radical (unpaired) electrons. The molecule has 0 spiro atoms. The fourth-order valence-electron chi connectivity index (χ4n) is 2.47. The van der Waals surface area contributed by atoms with Crippen LogP contribution >= 0.6 is 0 Å². The highest BCUT2D eigenvalue weighted by Crippen LogP contribution is 2.27. The molecule has 23 heavy (non-hydrogen) atoms. The highest BCUT2D eigenvalue weighted by molar-refractivity contribution is 5.52. The van der Waals surface area contributed by atoms with Gasteiger partial charge in [0.2, 0.25) is 0 Å². The first kappa shape index (κ1) is 16.9. The van der Waals surface area contributed by atoms with Crippen molar-refractivity contribution >= 4 is 6.08 Å². The van der Waals surface area contributed by atoms with E-state index in [0.717, 1.165) is 23.5 Å². The first-order chi connectivity index (χ1) is 11.1. The summed E-state index contributed by atoms with van der Waals surface area (Å²) in [5, 5.41) is 0. The summed E-state index contributed by atoms with van der Waals surface area (Å²) in [6, 6.07) is 16.3. The number of hydrogen-bond acceptors (Lipinski definition) is 2. The van der Waals surface area contributed by atoms with E-state index in [0.29, 0.717) is 5.92 Å². The van der Waals surface area contributed by atoms with Crippen LogP contribution in [0.15, 0.2) is 66.8 Å². The third kappa shape index (κ3) is 5.03. The Kier molecular flexibility index (Phi) is 6.04. The minimum absolute atomic E-state index is 0.306. The maximum Gasteiger partial charge on any atom is 0.118 e. The van der Waals surface area contributed by atoms with E-state index in [1.807, 2.05) is 24.3 Å². The summed E-state index contributed by atoms with van der Waals surface area (Å²) < 4.78 is 10.4. The zero-order valence-corrected chi connectivity index (χ0v) is 14.1. The van der Waals surface area contributed by atoms with Crippen LogP contribution in [0, 0.1) is 0 Å². The maximum atomic E-state index is 5.23. The highest BCUT2D eigenvalue weighted by Gasteiger charge is 2.08. The zero-order valence-electron chi connectivity index (χ0n) is 14.1. The van der Waals surface area contributed by atoms with E-state index in [1.54, 1.807) is 14.2 Å². The molecule has 2 aromatic carbocycles. The Balaban J connectivity index is 2.19. The normalized spacial score (nSPS) is 12.1. The third-order valence-electron chi connectivity index (χ3n) is 3.75. The molecule has 1 unspecified atom stereocenters. The average molecular weight is 308 g/mol. The Labute approximate surface area is 139 Å². The Morgan fingerprint density at radius 2 is 1.48 bits per heavy atom. The van der Waals surface area contributed by atoms with Crippen molar-refractivity contribution in [1.82, 2.24) is 0 Å². The molecule has 0 amide bonds. The van der Waals surface area contributed by atoms with Gasteiger partial charge in [0, 0.05) is 5.92 Å². The van der Waals surface area contributed by atoms with E-state index in [4.69, 9.17) is 9.47 Å². The highest BCUT2D eigenvalue weighted by atomic mass is 16.5. The van der Waals surface area contributed by atoms with E-state index < -0.39 is 0 Å². The first-order valence-electron chi connectivity index (χ1n) is 7.73. The lowest BCUT2D eigenvalue weighted by atomic mass is 9.92. The van der Waals surface area contributed by atoms with Crippen LogP contribution in [0.25, 0.3) is 6.08 Å². The molecule has 0 aliphatic carbocycles. The molecule has 0 aromatic heterocycles. The Bertz CT molecular complexity index is 651. The minimum Gasteiger partial charge on any atom is -0.497 e. The molecule has 0 aliphatic heterocycles. The van der Waals surface area contributed by atoms with Crippen LogP contribution in [-0.4, -0.2) is 14.2 Å². The van der Waals surface area contributed by atoms with E-state index >= 15 is 0 Å². The van der Waals surface area contributed by atoms with Gasteiger partial charge >= 0.3 is 0 Å². The lowest BCUT2D eigenvalue weighted by molar-refractivity contribution is 0.414. The first-order valence-corrected chi connectivity index (χ1v) is 7.73. The standard InChI is InChI=1S/C21H24O2/c1-16(2)15-19(18-9-13-21(23-4)14-10-18)8-5-17-6-11-20(22-3)12-7-17/h5-14,19H,1,15H2,2-4H3/b8-5+. The molecule has 0 aliphatic rings. The summed E-state index contributed by atoms with van der Waals surface area (Å²) in [5.74, 6) is 2.05. The molecule has 1 atom stereocenters. The van der Waals surface area contributed by atoms with Gasteiger partial charge in [-0.05, 0) is 48.7 Å². The smallest absolute Gasteiger partial charge is 0.118 e. The second kappa shape index (κ2) is 8.23. The lowest BCUT2D eigenvalue weighted by Crippen LogP contribution is -1.96. The molecule has 0 saturated carbocycles. The van der Waals surface area contributed by atoms with Gasteiger partial charge in [0.15, 0.2) is 0 Å². The predicted molar refractivity (Wildman–Crippen MR) is 97.2 cm³/mol. The SMILES string of the molecule is C=C(C)CC(/C=C/c1ccc(OC)cc1)c1ccc(OC)cc1. The van der Waals surface area contributed by atoms with Crippen molar-refractivity contribution in [2.75, 3.05) is 14.2 Å². The van der Waals surface area contributed by atoms with Crippen molar-refractivity contribution < 1.29 is 9.47 Å². The zero-order chi connectivity index (χ0) is 16.7. The number of rotatable bonds is 7. The topological polar surface area (TPSA) is 18.5 Å². The van der Waals surface area contributed by atoms with E-state index in [-0.39, 0.29) is 0 Å². The van der Waals surface area contributed by atoms with Crippen LogP contribution in [0.1, 0.15) is 30.4 Å². The predicted octanol–water partition coefficient (Wildman–Crippen LogP) is 5.47. The molecule has 2 aromatic rings. The minimum atomic E-state index is 0.306. The fraction of sp³-hybridized carbons (Fsp3) is 0.238.